The molecule has 2 aliphatic heterocycles. The fourth-order valence-electron chi connectivity index (χ4n) is 11.3. The molecule has 0 saturated heterocycles. The summed E-state index contributed by atoms with van der Waals surface area (Å²) in [5.74, 6) is 2.31. The molecular formula is C66H52BN5O. The topological polar surface area (TPSA) is 37.4 Å². The molecule has 0 bridgehead atoms. The van der Waals surface area contributed by atoms with Gasteiger partial charge in [0.1, 0.15) is 17.3 Å². The first-order chi connectivity index (χ1) is 35.7. The number of aromatic nitrogens is 3. The third-order valence-corrected chi connectivity index (χ3v) is 14.7. The summed E-state index contributed by atoms with van der Waals surface area (Å²) in [6.45, 7) is 11.0. The molecule has 13 rings (SSSR count). The van der Waals surface area contributed by atoms with E-state index in [2.05, 4.69) is 272 Å². The van der Waals surface area contributed by atoms with Crippen LogP contribution in [-0.4, -0.2) is 16.5 Å². The minimum atomic E-state index is -0.220. The second kappa shape index (κ2) is 17.4. The van der Waals surface area contributed by atoms with Gasteiger partial charge in [0.25, 0.3) is 6.33 Å². The molecule has 2 aromatic heterocycles. The average molecular weight is 942 g/mol. The zero-order chi connectivity index (χ0) is 49.4. The van der Waals surface area contributed by atoms with E-state index in [1.165, 1.54) is 44.4 Å². The molecule has 350 valence electrons. The van der Waals surface area contributed by atoms with Crippen molar-refractivity contribution in [2.45, 2.75) is 40.0 Å². The van der Waals surface area contributed by atoms with E-state index in [1.54, 1.807) is 0 Å². The highest BCUT2D eigenvalue weighted by molar-refractivity contribution is 6.85. The Morgan fingerprint density at radius 2 is 1.07 bits per heavy atom. The van der Waals surface area contributed by atoms with E-state index in [4.69, 9.17) is 9.72 Å². The standard InChI is InChI=1S/C66H52BN5O/c1-44-20-16-21-45(2)63(44)67-71(48-24-10-7-11-25-48)59-37-36-51(42-61(59)72(67)62-40-47(38-39-68-62)66(3,4)5)73-50-27-17-26-49(41-50)69-43-70-64-52(46-22-8-6-9-23-46)32-18-33-57(64)55-30-14-12-28-53(55)54-29-13-15-31-56(54)58-34-19-35-60(69)65(58)70/h6-42H,1-5H3. The van der Waals surface area contributed by atoms with Crippen molar-refractivity contribution < 1.29 is 9.30 Å². The number of imidazole rings is 1. The van der Waals surface area contributed by atoms with Gasteiger partial charge in [-0.05, 0) is 129 Å². The van der Waals surface area contributed by atoms with Crippen molar-refractivity contribution in [2.75, 3.05) is 9.62 Å². The summed E-state index contributed by atoms with van der Waals surface area (Å²) in [7, 11) is 0. The number of nitrogens with zero attached hydrogens (tertiary/aromatic N) is 5. The van der Waals surface area contributed by atoms with Gasteiger partial charge in [0.2, 0.25) is 0 Å². The summed E-state index contributed by atoms with van der Waals surface area (Å²) >= 11 is 0. The molecule has 6 nitrogen and oxygen atoms in total. The quantitative estimate of drug-likeness (QED) is 0.0906. The molecule has 0 radical (unpaired) electrons. The lowest BCUT2D eigenvalue weighted by Crippen LogP contribution is -2.55. The lowest BCUT2D eigenvalue weighted by atomic mass is 9.61. The number of hydrogen-bond donors (Lipinski definition) is 0. The minimum absolute atomic E-state index is 0.0777. The Hall–Kier alpha value is -8.94. The van der Waals surface area contributed by atoms with Gasteiger partial charge >= 0.3 is 6.98 Å². The van der Waals surface area contributed by atoms with Gasteiger partial charge in [-0.3, -0.25) is 9.13 Å². The smallest absolute Gasteiger partial charge is 0.422 e. The van der Waals surface area contributed by atoms with Gasteiger partial charge in [-0.15, -0.1) is 0 Å². The number of fused-ring (bicyclic) bond motifs is 8. The lowest BCUT2D eigenvalue weighted by molar-refractivity contribution is -0.570. The van der Waals surface area contributed by atoms with E-state index < -0.39 is 0 Å². The first kappa shape index (κ1) is 44.0. The van der Waals surface area contributed by atoms with Crippen LogP contribution >= 0.6 is 0 Å². The number of rotatable bonds is 7. The van der Waals surface area contributed by atoms with Crippen molar-refractivity contribution in [2.24, 2.45) is 0 Å². The normalized spacial score (nSPS) is 12.6. The summed E-state index contributed by atoms with van der Waals surface area (Å²) in [5.41, 5.74) is 21.4. The van der Waals surface area contributed by atoms with Crippen molar-refractivity contribution >= 4 is 46.4 Å². The van der Waals surface area contributed by atoms with Crippen molar-refractivity contribution in [1.29, 1.82) is 0 Å². The van der Waals surface area contributed by atoms with Crippen molar-refractivity contribution in [3.05, 3.63) is 248 Å². The number of aryl methyl sites for hydroxylation is 2. The molecule has 0 atom stereocenters. The maximum atomic E-state index is 7.01. The van der Waals surface area contributed by atoms with Crippen LogP contribution in [0, 0.1) is 20.2 Å². The molecule has 0 fully saturated rings. The van der Waals surface area contributed by atoms with Gasteiger partial charge in [0, 0.05) is 18.0 Å². The minimum Gasteiger partial charge on any atom is -0.458 e. The molecule has 73 heavy (non-hydrogen) atoms. The maximum Gasteiger partial charge on any atom is 0.422 e. The van der Waals surface area contributed by atoms with E-state index in [9.17, 15) is 0 Å². The molecule has 7 heteroatoms. The average Bonchev–Trinajstić information content (AvgIpc) is 3.98. The number of benzene rings is 9. The highest BCUT2D eigenvalue weighted by Gasteiger charge is 2.46. The first-order valence-electron chi connectivity index (χ1n) is 25.1. The van der Waals surface area contributed by atoms with Crippen LogP contribution in [0.25, 0.3) is 66.9 Å². The Morgan fingerprint density at radius 3 is 1.79 bits per heavy atom. The van der Waals surface area contributed by atoms with E-state index >= 15 is 0 Å². The predicted molar refractivity (Wildman–Crippen MR) is 300 cm³/mol. The maximum absolute atomic E-state index is 7.01. The molecule has 0 unspecified atom stereocenters. The predicted octanol–water partition coefficient (Wildman–Crippen LogP) is 15.5. The molecule has 0 saturated carbocycles. The van der Waals surface area contributed by atoms with Crippen LogP contribution in [0.2, 0.25) is 0 Å². The first-order valence-corrected chi connectivity index (χ1v) is 25.1. The number of anilines is 4. The summed E-state index contributed by atoms with van der Waals surface area (Å²) in [5, 5.41) is 0. The van der Waals surface area contributed by atoms with Crippen LogP contribution < -0.4 is 24.4 Å². The largest absolute Gasteiger partial charge is 0.458 e. The summed E-state index contributed by atoms with van der Waals surface area (Å²) < 4.78 is 11.5. The van der Waals surface area contributed by atoms with E-state index in [0.29, 0.717) is 5.75 Å². The fourth-order valence-corrected chi connectivity index (χ4v) is 11.3. The molecule has 0 N–H and O–H groups in total. The van der Waals surface area contributed by atoms with E-state index in [-0.39, 0.29) is 12.4 Å². The number of pyridine rings is 1. The van der Waals surface area contributed by atoms with Crippen LogP contribution in [0.4, 0.5) is 22.9 Å². The van der Waals surface area contributed by atoms with Gasteiger partial charge < -0.3 is 14.4 Å². The van der Waals surface area contributed by atoms with Crippen LogP contribution in [-0.2, 0) is 5.41 Å². The monoisotopic (exact) mass is 941 g/mol. The highest BCUT2D eigenvalue weighted by atomic mass is 16.5. The van der Waals surface area contributed by atoms with Gasteiger partial charge in [0.15, 0.2) is 0 Å². The second-order valence-electron chi connectivity index (χ2n) is 20.3. The van der Waals surface area contributed by atoms with Crippen LogP contribution in [0.15, 0.2) is 225 Å². The second-order valence-corrected chi connectivity index (χ2v) is 20.3. The van der Waals surface area contributed by atoms with Gasteiger partial charge in [-0.1, -0.05) is 190 Å². The molecular weight excluding hydrogens is 890 g/mol. The van der Waals surface area contributed by atoms with Gasteiger partial charge in [-0.25, -0.2) is 4.98 Å². The Labute approximate surface area is 427 Å². The molecule has 9 aromatic carbocycles. The molecule has 4 heterocycles. The van der Waals surface area contributed by atoms with Gasteiger partial charge in [-0.2, -0.15) is 0 Å². The van der Waals surface area contributed by atoms with Crippen molar-refractivity contribution in [1.82, 2.24) is 9.55 Å². The Bertz CT molecular complexity index is 3910. The molecule has 0 amide bonds. The Morgan fingerprint density at radius 1 is 0.493 bits per heavy atom. The number of para-hydroxylation sites is 3. The number of ether oxygens (including phenoxy) is 1. The molecule has 0 aliphatic carbocycles. The number of hydrogen-bond acceptors (Lipinski definition) is 4. The van der Waals surface area contributed by atoms with Crippen LogP contribution in [0.1, 0.15) is 37.5 Å². The zero-order valence-corrected chi connectivity index (χ0v) is 41.6. The molecule has 11 aromatic rings. The third kappa shape index (κ3) is 7.42. The molecule has 0 spiro atoms. The van der Waals surface area contributed by atoms with Gasteiger partial charge in [0.05, 0.1) is 33.8 Å². The SMILES string of the molecule is Cc1cccc(C)c1B1N(c2ccccc2)c2ccc(Oc3cccc(-n4[c-][n+]5c6c(cccc64)-c4ccccc4-c4ccccc4-c4cccc(-c6ccccc6)c4-5)c3)cc2N1c1cc(C(C)(C)C)ccn1. The summed E-state index contributed by atoms with van der Waals surface area (Å²) in [6.07, 6.45) is 5.90. The van der Waals surface area contributed by atoms with Crippen molar-refractivity contribution in [3.8, 4) is 67.4 Å². The molecule has 2 aliphatic rings. The lowest BCUT2D eigenvalue weighted by Gasteiger charge is -2.32. The third-order valence-electron chi connectivity index (χ3n) is 14.7. The van der Waals surface area contributed by atoms with Crippen molar-refractivity contribution in [3.63, 3.8) is 0 Å². The Kier molecular flexibility index (Phi) is 10.5. The van der Waals surface area contributed by atoms with Crippen LogP contribution in [0.5, 0.6) is 11.5 Å². The summed E-state index contributed by atoms with van der Waals surface area (Å²) in [4.78, 5) is 9.98. The summed E-state index contributed by atoms with van der Waals surface area (Å²) in [6, 6.07) is 78.2. The zero-order valence-electron chi connectivity index (χ0n) is 41.6. The fraction of sp³-hybridized carbons (Fsp3) is 0.0909. The highest BCUT2D eigenvalue weighted by Crippen LogP contribution is 2.49. The Balaban J connectivity index is 0.974. The van der Waals surface area contributed by atoms with E-state index in [1.807, 2.05) is 12.3 Å². The van der Waals surface area contributed by atoms with E-state index in [0.717, 1.165) is 73.3 Å². The van der Waals surface area contributed by atoms with Crippen LogP contribution in [0.3, 0.4) is 0 Å².